The largest absolute Gasteiger partial charge is 0.354 e. The van der Waals surface area contributed by atoms with Crippen molar-refractivity contribution in [2.75, 3.05) is 26.2 Å². The second-order valence-corrected chi connectivity index (χ2v) is 10.8. The average Bonchev–Trinajstić information content (AvgIpc) is 3.26. The molecule has 2 aromatic rings. The summed E-state index contributed by atoms with van der Waals surface area (Å²) in [5.74, 6) is -0.0695. The van der Waals surface area contributed by atoms with Gasteiger partial charge in [-0.2, -0.15) is 4.31 Å². The van der Waals surface area contributed by atoms with Gasteiger partial charge >= 0.3 is 0 Å². The van der Waals surface area contributed by atoms with E-state index >= 15 is 0 Å². The molecule has 28 heavy (non-hydrogen) atoms. The van der Waals surface area contributed by atoms with Crippen LogP contribution in [0.5, 0.6) is 0 Å². The van der Waals surface area contributed by atoms with Crippen LogP contribution in [0.15, 0.2) is 16.3 Å². The molecule has 0 spiro atoms. The summed E-state index contributed by atoms with van der Waals surface area (Å²) >= 11 is 1.26. The lowest BCUT2D eigenvalue weighted by Gasteiger charge is -2.33. The topological polar surface area (TPSA) is 90.6 Å². The van der Waals surface area contributed by atoms with Crippen LogP contribution in [0.25, 0.3) is 0 Å². The minimum atomic E-state index is -3.51. The second kappa shape index (κ2) is 7.13. The molecule has 1 aliphatic carbocycles. The van der Waals surface area contributed by atoms with Gasteiger partial charge in [-0.25, -0.2) is 8.42 Å². The maximum absolute atomic E-state index is 13.0. The number of nitrogens with zero attached hydrogens (tertiary/aromatic N) is 2. The van der Waals surface area contributed by atoms with Gasteiger partial charge in [0, 0.05) is 48.7 Å². The number of aromatic amines is 1. The zero-order valence-electron chi connectivity index (χ0n) is 15.9. The molecule has 7 nitrogen and oxygen atoms in total. The fourth-order valence-electron chi connectivity index (χ4n) is 3.96. The molecule has 0 bridgehead atoms. The molecule has 1 amide bonds. The van der Waals surface area contributed by atoms with E-state index in [4.69, 9.17) is 0 Å². The molecular weight excluding hydrogens is 398 g/mol. The van der Waals surface area contributed by atoms with Crippen molar-refractivity contribution in [3.05, 3.63) is 39.5 Å². The zero-order chi connectivity index (χ0) is 20.1. The van der Waals surface area contributed by atoms with Crippen LogP contribution >= 0.6 is 11.3 Å². The van der Waals surface area contributed by atoms with Gasteiger partial charge in [-0.15, -0.1) is 11.3 Å². The molecule has 9 heteroatoms. The fourth-order valence-corrected chi connectivity index (χ4v) is 6.82. The number of amides is 1. The number of thiophene rings is 1. The molecule has 4 rings (SSSR count). The number of sulfonamides is 1. The van der Waals surface area contributed by atoms with E-state index in [2.05, 4.69) is 4.98 Å². The van der Waals surface area contributed by atoms with Crippen LogP contribution in [0.1, 0.15) is 49.8 Å². The minimum Gasteiger partial charge on any atom is -0.354 e. The van der Waals surface area contributed by atoms with Gasteiger partial charge in [0.25, 0.3) is 15.9 Å². The van der Waals surface area contributed by atoms with Crippen LogP contribution in [-0.2, 0) is 16.4 Å². The molecule has 2 aliphatic rings. The molecule has 2 aromatic heterocycles. The third-order valence-electron chi connectivity index (χ3n) is 5.49. The smallest absolute Gasteiger partial charge is 0.270 e. The number of ketones is 1. The molecule has 1 aliphatic heterocycles. The number of hydrogen-bond acceptors (Lipinski definition) is 5. The normalized spacial score (nSPS) is 18.4. The van der Waals surface area contributed by atoms with Gasteiger partial charge in [-0.3, -0.25) is 9.59 Å². The Balaban J connectivity index is 1.49. The predicted molar refractivity (Wildman–Crippen MR) is 107 cm³/mol. The Morgan fingerprint density at radius 2 is 1.82 bits per heavy atom. The van der Waals surface area contributed by atoms with Crippen molar-refractivity contribution >= 4 is 33.1 Å². The van der Waals surface area contributed by atoms with Gasteiger partial charge in [0.05, 0.1) is 0 Å². The minimum absolute atomic E-state index is 0.0937. The molecule has 0 saturated carbocycles. The van der Waals surface area contributed by atoms with Crippen molar-refractivity contribution in [1.82, 2.24) is 14.2 Å². The van der Waals surface area contributed by atoms with Gasteiger partial charge in [-0.05, 0) is 44.4 Å². The van der Waals surface area contributed by atoms with Gasteiger partial charge < -0.3 is 9.88 Å². The van der Waals surface area contributed by atoms with Crippen molar-refractivity contribution in [2.24, 2.45) is 0 Å². The highest BCUT2D eigenvalue weighted by Gasteiger charge is 2.33. The zero-order valence-corrected chi connectivity index (χ0v) is 17.6. The Morgan fingerprint density at radius 3 is 2.43 bits per heavy atom. The third-order valence-corrected chi connectivity index (χ3v) is 8.85. The fraction of sp³-hybridized carbons (Fsp3) is 0.474. The number of piperazine rings is 1. The summed E-state index contributed by atoms with van der Waals surface area (Å²) < 4.78 is 27.3. The molecule has 0 unspecified atom stereocenters. The Hall–Kier alpha value is -1.97. The number of rotatable bonds is 3. The number of aromatic nitrogens is 1. The standard InChI is InChI=1S/C19H23N3O4S2/c1-12-6-7-16(27-12)28(25,26)22-10-8-21(9-11-22)19(24)18-13(2)17-14(20-18)4-3-5-15(17)23/h6-7,20H,3-5,8-11H2,1-2H3. The third kappa shape index (κ3) is 3.21. The summed E-state index contributed by atoms with van der Waals surface area (Å²) in [5, 5.41) is 0. The highest BCUT2D eigenvalue weighted by atomic mass is 32.2. The monoisotopic (exact) mass is 421 g/mol. The van der Waals surface area contributed by atoms with E-state index in [1.165, 1.54) is 15.6 Å². The van der Waals surface area contributed by atoms with Crippen molar-refractivity contribution < 1.29 is 18.0 Å². The van der Waals surface area contributed by atoms with Gasteiger partial charge in [-0.1, -0.05) is 0 Å². The van der Waals surface area contributed by atoms with E-state index in [-0.39, 0.29) is 24.8 Å². The number of Topliss-reactive ketones (excluding diaryl/α,β-unsaturated/α-hetero) is 1. The maximum atomic E-state index is 13.0. The summed E-state index contributed by atoms with van der Waals surface area (Å²) in [6.07, 6.45) is 2.11. The number of fused-ring (bicyclic) bond motifs is 1. The molecular formula is C19H23N3O4S2. The van der Waals surface area contributed by atoms with Crippen LogP contribution in [0.2, 0.25) is 0 Å². The van der Waals surface area contributed by atoms with Gasteiger partial charge in [0.2, 0.25) is 0 Å². The SMILES string of the molecule is Cc1ccc(S(=O)(=O)N2CCN(C(=O)c3[nH]c4c(c3C)C(=O)CCC4)CC2)s1. The van der Waals surface area contributed by atoms with Crippen molar-refractivity contribution in [2.45, 2.75) is 37.3 Å². The molecule has 3 heterocycles. The van der Waals surface area contributed by atoms with Crippen LogP contribution < -0.4 is 0 Å². The maximum Gasteiger partial charge on any atom is 0.270 e. The van der Waals surface area contributed by atoms with Crippen molar-refractivity contribution in [1.29, 1.82) is 0 Å². The van der Waals surface area contributed by atoms with Crippen LogP contribution in [-0.4, -0.2) is 60.5 Å². The van der Waals surface area contributed by atoms with E-state index in [0.717, 1.165) is 23.4 Å². The Labute approximate surface area is 168 Å². The van der Waals surface area contributed by atoms with Crippen molar-refractivity contribution in [3.63, 3.8) is 0 Å². The van der Waals surface area contributed by atoms with E-state index in [9.17, 15) is 18.0 Å². The Bertz CT molecular complexity index is 1040. The van der Waals surface area contributed by atoms with Crippen LogP contribution in [0.3, 0.4) is 0 Å². The molecule has 1 fully saturated rings. The summed E-state index contributed by atoms with van der Waals surface area (Å²) in [5.41, 5.74) is 2.70. The number of aryl methyl sites for hydroxylation is 2. The number of hydrogen-bond donors (Lipinski definition) is 1. The second-order valence-electron chi connectivity index (χ2n) is 7.32. The summed E-state index contributed by atoms with van der Waals surface area (Å²) in [4.78, 5) is 31.0. The molecule has 0 radical (unpaired) electrons. The summed E-state index contributed by atoms with van der Waals surface area (Å²) in [6.45, 7) is 4.89. The first kappa shape index (κ1) is 19.4. The lowest BCUT2D eigenvalue weighted by Crippen LogP contribution is -2.50. The first-order chi connectivity index (χ1) is 13.3. The van der Waals surface area contributed by atoms with E-state index < -0.39 is 10.0 Å². The van der Waals surface area contributed by atoms with Gasteiger partial charge in [0.15, 0.2) is 5.78 Å². The lowest BCUT2D eigenvalue weighted by atomic mass is 9.94. The first-order valence-corrected chi connectivity index (χ1v) is 11.6. The quantitative estimate of drug-likeness (QED) is 0.824. The number of carbonyl (C=O) groups excluding carboxylic acids is 2. The molecule has 0 aromatic carbocycles. The van der Waals surface area contributed by atoms with Crippen LogP contribution in [0.4, 0.5) is 0 Å². The Morgan fingerprint density at radius 1 is 1.11 bits per heavy atom. The highest BCUT2D eigenvalue weighted by molar-refractivity contribution is 7.91. The van der Waals surface area contributed by atoms with Gasteiger partial charge in [0.1, 0.15) is 9.90 Å². The van der Waals surface area contributed by atoms with E-state index in [1.54, 1.807) is 17.0 Å². The number of nitrogens with one attached hydrogen (secondary N) is 1. The molecule has 0 atom stereocenters. The Kier molecular flexibility index (Phi) is 4.93. The molecule has 1 N–H and O–H groups in total. The predicted octanol–water partition coefficient (Wildman–Crippen LogP) is 2.36. The van der Waals surface area contributed by atoms with Crippen molar-refractivity contribution in [3.8, 4) is 0 Å². The van der Waals surface area contributed by atoms with E-state index in [0.29, 0.717) is 40.5 Å². The van der Waals surface area contributed by atoms with E-state index in [1.807, 2.05) is 13.8 Å². The average molecular weight is 422 g/mol. The highest BCUT2D eigenvalue weighted by Crippen LogP contribution is 2.28. The number of H-pyrrole nitrogens is 1. The molecule has 1 saturated heterocycles. The van der Waals surface area contributed by atoms with Crippen LogP contribution in [0, 0.1) is 13.8 Å². The number of carbonyl (C=O) groups is 2. The lowest BCUT2D eigenvalue weighted by molar-refractivity contribution is 0.0692. The summed E-state index contributed by atoms with van der Waals surface area (Å²) in [7, 11) is -3.51. The first-order valence-electron chi connectivity index (χ1n) is 9.39. The molecule has 150 valence electrons. The summed E-state index contributed by atoms with van der Waals surface area (Å²) in [6, 6.07) is 3.44.